The van der Waals surface area contributed by atoms with Crippen molar-refractivity contribution in [3.63, 3.8) is 0 Å². The number of carboxylic acids is 3. The molecule has 42 heavy (non-hydrogen) atoms. The first-order chi connectivity index (χ1) is 19.8. The van der Waals surface area contributed by atoms with E-state index in [0.717, 1.165) is 5.56 Å². The second-order valence-corrected chi connectivity index (χ2v) is 9.46. The van der Waals surface area contributed by atoms with Crippen LogP contribution in [0.15, 0.2) is 35.3 Å². The van der Waals surface area contributed by atoms with Crippen LogP contribution in [0.3, 0.4) is 0 Å². The maximum atomic E-state index is 12.6. The molecule has 2 atom stereocenters. The zero-order valence-corrected chi connectivity index (χ0v) is 22.5. The van der Waals surface area contributed by atoms with Crippen molar-refractivity contribution in [3.05, 3.63) is 51.9 Å². The minimum Gasteiger partial charge on any atom is -0.481 e. The normalized spacial score (nSPS) is 12.3. The molecule has 0 aliphatic heterocycles. The number of nitrogens with two attached hydrogens (primary N) is 1. The number of aliphatic carboxylic acids is 3. The minimum absolute atomic E-state index is 0.0292. The molecule has 0 fully saturated rings. The summed E-state index contributed by atoms with van der Waals surface area (Å²) in [5, 5.41) is 35.5. The Hall–Kier alpha value is -5.41. The van der Waals surface area contributed by atoms with Crippen molar-refractivity contribution in [2.75, 3.05) is 17.6 Å². The summed E-state index contributed by atoms with van der Waals surface area (Å²) in [6.07, 6.45) is 0.747. The van der Waals surface area contributed by atoms with E-state index in [9.17, 15) is 33.9 Å². The van der Waals surface area contributed by atoms with E-state index < -0.39 is 54.6 Å². The second-order valence-electron chi connectivity index (χ2n) is 9.46. The monoisotopic (exact) mass is 585 g/mol. The van der Waals surface area contributed by atoms with Gasteiger partial charge in [0.1, 0.15) is 17.7 Å². The lowest BCUT2D eigenvalue weighted by Gasteiger charge is -2.16. The molecule has 9 N–H and O–H groups in total. The Balaban J connectivity index is 1.52. The summed E-state index contributed by atoms with van der Waals surface area (Å²) in [4.78, 5) is 77.3. The maximum Gasteiger partial charge on any atom is 0.326 e. The van der Waals surface area contributed by atoms with E-state index in [1.807, 2.05) is 0 Å². The summed E-state index contributed by atoms with van der Waals surface area (Å²) in [6.45, 7) is 0.455. The Morgan fingerprint density at radius 1 is 0.976 bits per heavy atom. The van der Waals surface area contributed by atoms with Crippen LogP contribution in [0.2, 0.25) is 0 Å². The van der Waals surface area contributed by atoms with E-state index >= 15 is 0 Å². The van der Waals surface area contributed by atoms with Crippen molar-refractivity contribution in [2.45, 2.75) is 44.2 Å². The lowest BCUT2D eigenvalue weighted by molar-refractivity contribution is -0.143. The van der Waals surface area contributed by atoms with E-state index in [4.69, 9.17) is 15.9 Å². The Labute approximate surface area is 237 Å². The standard InChI is InChI=1S/C26H31N7O9/c1-33-12-14(20-21(33)31-26(27)32-23(20)38)10-11-28-15-4-2-13(3-5-15)22(37)30-17(25(41)42)6-8-18(34)29-16(24(39)40)7-9-19(35)36/h2-5,12,16-17,28H,6-11H2,1H3,(H,29,34)(H,30,37)(H,35,36)(H,39,40)(H,41,42)(H3,27,31,32,38)/t16-,17-/m0/s1. The van der Waals surface area contributed by atoms with Gasteiger partial charge in [-0.25, -0.2) is 9.59 Å². The molecular formula is C26H31N7O9. The number of nitrogens with zero attached hydrogens (tertiary/aromatic N) is 2. The van der Waals surface area contributed by atoms with Crippen LogP contribution in [-0.4, -0.2) is 78.2 Å². The van der Waals surface area contributed by atoms with E-state index in [2.05, 4.69) is 25.9 Å². The third kappa shape index (κ3) is 8.30. The van der Waals surface area contributed by atoms with Gasteiger partial charge in [0.15, 0.2) is 0 Å². The molecule has 0 radical (unpaired) electrons. The number of aromatic amines is 1. The number of rotatable bonds is 15. The smallest absolute Gasteiger partial charge is 0.326 e. The molecule has 0 unspecified atom stereocenters. The molecule has 0 aliphatic carbocycles. The van der Waals surface area contributed by atoms with Gasteiger partial charge in [-0.2, -0.15) is 4.98 Å². The number of benzene rings is 1. The fraction of sp³-hybridized carbons (Fsp3) is 0.346. The van der Waals surface area contributed by atoms with Gasteiger partial charge in [0.25, 0.3) is 11.5 Å². The lowest BCUT2D eigenvalue weighted by atomic mass is 10.1. The lowest BCUT2D eigenvalue weighted by Crippen LogP contribution is -2.44. The number of fused-ring (bicyclic) bond motifs is 1. The first-order valence-corrected chi connectivity index (χ1v) is 12.8. The van der Waals surface area contributed by atoms with Gasteiger partial charge < -0.3 is 41.6 Å². The summed E-state index contributed by atoms with van der Waals surface area (Å²) in [5.74, 6) is -5.49. The third-order valence-electron chi connectivity index (χ3n) is 6.34. The summed E-state index contributed by atoms with van der Waals surface area (Å²) >= 11 is 0. The van der Waals surface area contributed by atoms with Gasteiger partial charge in [0.05, 0.1) is 5.39 Å². The van der Waals surface area contributed by atoms with Crippen LogP contribution in [0.5, 0.6) is 0 Å². The molecule has 0 aliphatic rings. The van der Waals surface area contributed by atoms with Crippen LogP contribution in [0.25, 0.3) is 11.0 Å². The Morgan fingerprint density at radius 2 is 1.60 bits per heavy atom. The number of hydrogen-bond acceptors (Lipinski definition) is 9. The molecule has 0 saturated carbocycles. The van der Waals surface area contributed by atoms with E-state index in [1.54, 1.807) is 29.9 Å². The molecule has 0 saturated heterocycles. The fourth-order valence-corrected chi connectivity index (χ4v) is 4.22. The molecule has 2 heterocycles. The number of carboxylic acid groups (broad SMARTS) is 3. The van der Waals surface area contributed by atoms with E-state index in [-0.39, 0.29) is 29.9 Å². The second kappa shape index (κ2) is 13.8. The molecular weight excluding hydrogens is 554 g/mol. The average Bonchev–Trinajstić information content (AvgIpc) is 3.23. The topological polar surface area (TPSA) is 259 Å². The number of nitrogen functional groups attached to an aromatic ring is 1. The largest absolute Gasteiger partial charge is 0.481 e. The van der Waals surface area contributed by atoms with Crippen molar-refractivity contribution in [1.82, 2.24) is 25.2 Å². The number of H-pyrrole nitrogens is 1. The van der Waals surface area contributed by atoms with E-state index in [0.29, 0.717) is 29.7 Å². The van der Waals surface area contributed by atoms with Crippen molar-refractivity contribution < 1.29 is 39.3 Å². The third-order valence-corrected chi connectivity index (χ3v) is 6.34. The fourth-order valence-electron chi connectivity index (χ4n) is 4.22. The number of aryl methyl sites for hydroxylation is 1. The van der Waals surface area contributed by atoms with Crippen LogP contribution in [0.1, 0.15) is 41.6 Å². The van der Waals surface area contributed by atoms with Gasteiger partial charge in [-0.05, 0) is 49.1 Å². The summed E-state index contributed by atoms with van der Waals surface area (Å²) in [6, 6.07) is 3.34. The Bertz CT molecular complexity index is 1550. The number of amides is 2. The first kappa shape index (κ1) is 31.1. The number of carbonyl (C=O) groups excluding carboxylic acids is 2. The molecule has 16 nitrogen and oxygen atoms in total. The zero-order chi connectivity index (χ0) is 31.0. The number of aromatic nitrogens is 3. The number of carbonyl (C=O) groups is 5. The van der Waals surface area contributed by atoms with Gasteiger partial charge in [-0.3, -0.25) is 24.2 Å². The highest BCUT2D eigenvalue weighted by Crippen LogP contribution is 2.17. The highest BCUT2D eigenvalue weighted by atomic mass is 16.4. The van der Waals surface area contributed by atoms with Crippen molar-refractivity contribution >= 4 is 52.4 Å². The van der Waals surface area contributed by atoms with Gasteiger partial charge in [-0.1, -0.05) is 0 Å². The molecule has 0 bridgehead atoms. The molecule has 0 spiro atoms. The highest BCUT2D eigenvalue weighted by molar-refractivity contribution is 5.97. The van der Waals surface area contributed by atoms with Gasteiger partial charge in [0.2, 0.25) is 11.9 Å². The number of nitrogens with one attached hydrogen (secondary N) is 4. The predicted octanol–water partition coefficient (Wildman–Crippen LogP) is -0.104. The number of anilines is 2. The van der Waals surface area contributed by atoms with Gasteiger partial charge in [-0.15, -0.1) is 0 Å². The highest BCUT2D eigenvalue weighted by Gasteiger charge is 2.25. The van der Waals surface area contributed by atoms with Crippen LogP contribution in [0, 0.1) is 0 Å². The van der Waals surface area contributed by atoms with E-state index in [1.165, 1.54) is 12.1 Å². The average molecular weight is 586 g/mol. The molecule has 3 rings (SSSR count). The maximum absolute atomic E-state index is 12.6. The SMILES string of the molecule is Cn1cc(CCNc2ccc(C(=O)N[C@@H](CCC(=O)N[C@@H](CCC(=O)O)C(=O)O)C(=O)O)cc2)c2c(=O)[nH]c(N)nc21. The van der Waals surface area contributed by atoms with Crippen LogP contribution < -0.4 is 27.2 Å². The Kier molecular flexibility index (Phi) is 10.2. The van der Waals surface area contributed by atoms with Gasteiger partial charge >= 0.3 is 17.9 Å². The zero-order valence-electron chi connectivity index (χ0n) is 22.5. The molecule has 3 aromatic rings. The molecule has 2 amide bonds. The van der Waals surface area contributed by atoms with Crippen molar-refractivity contribution in [1.29, 1.82) is 0 Å². The number of hydrogen-bond donors (Lipinski definition) is 8. The summed E-state index contributed by atoms with van der Waals surface area (Å²) < 4.78 is 1.72. The predicted molar refractivity (Wildman–Crippen MR) is 149 cm³/mol. The first-order valence-electron chi connectivity index (χ1n) is 12.8. The minimum atomic E-state index is -1.44. The van der Waals surface area contributed by atoms with Crippen LogP contribution >= 0.6 is 0 Å². The summed E-state index contributed by atoms with van der Waals surface area (Å²) in [7, 11) is 1.76. The van der Waals surface area contributed by atoms with Crippen LogP contribution in [0.4, 0.5) is 11.6 Å². The Morgan fingerprint density at radius 3 is 2.21 bits per heavy atom. The molecule has 16 heteroatoms. The van der Waals surface area contributed by atoms with Crippen molar-refractivity contribution in [2.24, 2.45) is 7.05 Å². The molecule has 1 aromatic carbocycles. The van der Waals surface area contributed by atoms with Crippen molar-refractivity contribution in [3.8, 4) is 0 Å². The molecule has 2 aromatic heterocycles. The quantitative estimate of drug-likeness (QED) is 0.116. The summed E-state index contributed by atoms with van der Waals surface area (Å²) in [5.41, 5.74) is 7.38. The van der Waals surface area contributed by atoms with Gasteiger partial charge in [0, 0.05) is 43.9 Å². The van der Waals surface area contributed by atoms with Crippen LogP contribution in [-0.2, 0) is 32.6 Å². The molecule has 224 valence electrons.